The second kappa shape index (κ2) is 7.18. The lowest BCUT2D eigenvalue weighted by Crippen LogP contribution is -1.94. The van der Waals surface area contributed by atoms with Crippen LogP contribution < -0.4 is 0 Å². The molecule has 0 atom stereocenters. The van der Waals surface area contributed by atoms with E-state index in [9.17, 15) is 0 Å². The Kier molecular flexibility index (Phi) is 7.11. The van der Waals surface area contributed by atoms with Crippen molar-refractivity contribution in [3.8, 4) is 0 Å². The third-order valence-corrected chi connectivity index (χ3v) is 4.01. The van der Waals surface area contributed by atoms with Crippen LogP contribution in [0.3, 0.4) is 0 Å². The van der Waals surface area contributed by atoms with Gasteiger partial charge in [-0.25, -0.2) is 0 Å². The molecule has 82 valence electrons. The highest BCUT2D eigenvalue weighted by Crippen LogP contribution is 2.50. The summed E-state index contributed by atoms with van der Waals surface area (Å²) in [4.78, 5) is 0. The van der Waals surface area contributed by atoms with Gasteiger partial charge in [0.15, 0.2) is 0 Å². The van der Waals surface area contributed by atoms with Crippen LogP contribution >= 0.6 is 6.72 Å². The lowest BCUT2D eigenvalue weighted by atomic mass is 10.3. The highest BCUT2D eigenvalue weighted by Gasteiger charge is 2.18. The molecule has 0 aromatic carbocycles. The Morgan fingerprint density at radius 2 is 2.00 bits per heavy atom. The first-order valence-electron chi connectivity index (χ1n) is 4.32. The molecule has 14 heavy (non-hydrogen) atoms. The first-order chi connectivity index (χ1) is 6.61. The maximum absolute atomic E-state index is 5.48. The molecule has 3 nitrogen and oxygen atoms in total. The van der Waals surface area contributed by atoms with Crippen molar-refractivity contribution in [2.75, 3.05) is 14.2 Å². The van der Waals surface area contributed by atoms with Gasteiger partial charge in [0.05, 0.1) is 0 Å². The summed E-state index contributed by atoms with van der Waals surface area (Å²) in [6.45, 7) is 3.05. The summed E-state index contributed by atoms with van der Waals surface area (Å²) in [5, 5.41) is 0. The van der Waals surface area contributed by atoms with Gasteiger partial charge in [0, 0.05) is 32.4 Å². The summed E-state index contributed by atoms with van der Waals surface area (Å²) in [5.74, 6) is 0.789. The Morgan fingerprint density at radius 1 is 1.43 bits per heavy atom. The lowest BCUT2D eigenvalue weighted by molar-refractivity contribution is 0.237. The van der Waals surface area contributed by atoms with Crippen LogP contribution in [0.2, 0.25) is 0 Å². The maximum atomic E-state index is 5.48. The zero-order valence-electron chi connectivity index (χ0n) is 8.86. The molecule has 0 bridgehead atoms. The molecule has 0 unspecified atom stereocenters. The first-order valence-corrected chi connectivity index (χ1v) is 6.88. The second-order valence-corrected chi connectivity index (χ2v) is 5.60. The van der Waals surface area contributed by atoms with Crippen LogP contribution in [0.25, 0.3) is 0 Å². The normalized spacial score (nSPS) is 12.6. The Labute approximate surface area is 91.0 Å². The molecule has 0 N–H and O–H groups in total. The van der Waals surface area contributed by atoms with Gasteiger partial charge in [-0.15, -0.1) is 6.58 Å². The highest BCUT2D eigenvalue weighted by molar-refractivity contribution is 8.07. The smallest absolute Gasteiger partial charge is 0.379 e. The number of hydrogen-bond donors (Lipinski definition) is 0. The Bertz CT molecular complexity index is 242. The molecule has 0 radical (unpaired) electrons. The van der Waals surface area contributed by atoms with Gasteiger partial charge >= 0.3 is 6.72 Å². The third kappa shape index (κ3) is 4.91. The highest BCUT2D eigenvalue weighted by atomic mass is 32.5. The van der Waals surface area contributed by atoms with Crippen LogP contribution in [0.5, 0.6) is 0 Å². The van der Waals surface area contributed by atoms with Crippen LogP contribution in [0.15, 0.2) is 24.5 Å². The molecule has 0 saturated carbocycles. The fraction of sp³-hybridized carbons (Fsp3) is 0.556. The zero-order valence-corrected chi connectivity index (χ0v) is 10.6. The molecular formula is C9H17O3PS. The van der Waals surface area contributed by atoms with Crippen molar-refractivity contribution >= 4 is 18.5 Å². The van der Waals surface area contributed by atoms with Crippen molar-refractivity contribution in [3.05, 3.63) is 24.5 Å². The van der Waals surface area contributed by atoms with Crippen molar-refractivity contribution in [2.24, 2.45) is 0 Å². The second-order valence-electron chi connectivity index (χ2n) is 2.45. The molecule has 0 fully saturated rings. The molecule has 5 heteroatoms. The van der Waals surface area contributed by atoms with Crippen molar-refractivity contribution in [2.45, 2.75) is 19.8 Å². The molecule has 0 aliphatic carbocycles. The molecule has 0 heterocycles. The van der Waals surface area contributed by atoms with Crippen LogP contribution in [0.1, 0.15) is 19.8 Å². The standard InChI is InChI=1S/C9H17O3PS/c1-5-7-8-9(6-2)12-13(14,10-3)11-4/h5,8H,1,6-7H2,2-4H3. The minimum Gasteiger partial charge on any atom is -0.429 e. The van der Waals surface area contributed by atoms with Crippen LogP contribution in [-0.2, 0) is 25.4 Å². The van der Waals surface area contributed by atoms with E-state index in [2.05, 4.69) is 6.58 Å². The van der Waals surface area contributed by atoms with Crippen molar-refractivity contribution in [3.63, 3.8) is 0 Å². The average molecular weight is 236 g/mol. The molecule has 0 rings (SSSR count). The van der Waals surface area contributed by atoms with E-state index in [4.69, 9.17) is 25.4 Å². The van der Waals surface area contributed by atoms with Crippen LogP contribution in [-0.4, -0.2) is 14.2 Å². The van der Waals surface area contributed by atoms with Gasteiger partial charge in [0.2, 0.25) is 0 Å². The van der Waals surface area contributed by atoms with E-state index in [1.54, 1.807) is 6.08 Å². The fourth-order valence-corrected chi connectivity index (χ4v) is 1.83. The summed E-state index contributed by atoms with van der Waals surface area (Å²) in [5.41, 5.74) is 0. The summed E-state index contributed by atoms with van der Waals surface area (Å²) in [6.07, 6.45) is 5.24. The van der Waals surface area contributed by atoms with Gasteiger partial charge in [-0.05, 0) is 12.5 Å². The van der Waals surface area contributed by atoms with E-state index < -0.39 is 6.72 Å². The summed E-state index contributed by atoms with van der Waals surface area (Å²) >= 11 is 5.08. The average Bonchev–Trinajstić information content (AvgIpc) is 2.23. The molecule has 0 amide bonds. The van der Waals surface area contributed by atoms with Crippen molar-refractivity contribution in [1.82, 2.24) is 0 Å². The Balaban J connectivity index is 4.43. The summed E-state index contributed by atoms with van der Waals surface area (Å²) < 4.78 is 15.5. The lowest BCUT2D eigenvalue weighted by Gasteiger charge is -2.19. The van der Waals surface area contributed by atoms with Gasteiger partial charge in [-0.3, -0.25) is 0 Å². The molecule has 0 aliphatic heterocycles. The van der Waals surface area contributed by atoms with Crippen molar-refractivity contribution < 1.29 is 13.6 Å². The Morgan fingerprint density at radius 3 is 2.36 bits per heavy atom. The minimum absolute atomic E-state index is 0.756. The van der Waals surface area contributed by atoms with Gasteiger partial charge in [0.1, 0.15) is 5.76 Å². The van der Waals surface area contributed by atoms with E-state index in [-0.39, 0.29) is 0 Å². The molecule has 0 saturated heterocycles. The largest absolute Gasteiger partial charge is 0.429 e. The third-order valence-electron chi connectivity index (χ3n) is 1.54. The van der Waals surface area contributed by atoms with E-state index >= 15 is 0 Å². The maximum Gasteiger partial charge on any atom is 0.379 e. The van der Waals surface area contributed by atoms with Gasteiger partial charge < -0.3 is 13.6 Å². The number of allylic oxidation sites excluding steroid dienone is 3. The Hall–Kier alpha value is -0.150. The van der Waals surface area contributed by atoms with Gasteiger partial charge in [0.25, 0.3) is 0 Å². The van der Waals surface area contributed by atoms with Crippen LogP contribution in [0, 0.1) is 0 Å². The predicted octanol–water partition coefficient (Wildman–Crippen LogP) is 3.39. The van der Waals surface area contributed by atoms with E-state index in [0.717, 1.165) is 18.6 Å². The first kappa shape index (κ1) is 13.8. The van der Waals surface area contributed by atoms with E-state index in [0.29, 0.717) is 0 Å². The molecular weight excluding hydrogens is 219 g/mol. The summed E-state index contributed by atoms with van der Waals surface area (Å²) in [6, 6.07) is 0. The topological polar surface area (TPSA) is 27.7 Å². The van der Waals surface area contributed by atoms with E-state index in [1.807, 2.05) is 13.0 Å². The van der Waals surface area contributed by atoms with Crippen molar-refractivity contribution in [1.29, 1.82) is 0 Å². The van der Waals surface area contributed by atoms with Crippen LogP contribution in [0.4, 0.5) is 0 Å². The summed E-state index contributed by atoms with van der Waals surface area (Å²) in [7, 11) is 2.98. The number of rotatable bonds is 7. The number of hydrogen-bond acceptors (Lipinski definition) is 4. The van der Waals surface area contributed by atoms with E-state index in [1.165, 1.54) is 14.2 Å². The quantitative estimate of drug-likeness (QED) is 0.385. The predicted molar refractivity (Wildman–Crippen MR) is 62.6 cm³/mol. The SMILES string of the molecule is C=CCC=C(CC)OP(=S)(OC)OC. The molecule has 0 aromatic heterocycles. The molecule has 0 aromatic rings. The zero-order chi connectivity index (χ0) is 11.0. The monoisotopic (exact) mass is 236 g/mol. The molecule has 0 spiro atoms. The minimum atomic E-state index is -2.56. The van der Waals surface area contributed by atoms with Gasteiger partial charge in [-0.2, -0.15) is 0 Å². The molecule has 0 aliphatic rings. The van der Waals surface area contributed by atoms with Gasteiger partial charge in [-0.1, -0.05) is 13.0 Å². The fourth-order valence-electron chi connectivity index (χ4n) is 0.754.